The van der Waals surface area contributed by atoms with Crippen LogP contribution in [0.4, 0.5) is 0 Å². The van der Waals surface area contributed by atoms with Crippen molar-refractivity contribution in [3.63, 3.8) is 0 Å². The molecule has 0 bridgehead atoms. The van der Waals surface area contributed by atoms with Gasteiger partial charge in [-0.1, -0.05) is 12.1 Å². The molecule has 1 aromatic rings. The second-order valence-corrected chi connectivity index (χ2v) is 5.36. The molecule has 3 N–H and O–H groups in total. The molecule has 106 valence electrons. The second-order valence-electron chi connectivity index (χ2n) is 3.68. The average molecular weight is 289 g/mol. The molecule has 0 saturated carbocycles. The van der Waals surface area contributed by atoms with Crippen LogP contribution >= 0.6 is 0 Å². The maximum atomic E-state index is 12.1. The minimum atomic E-state index is -4.04. The molecule has 0 spiro atoms. The van der Waals surface area contributed by atoms with E-state index < -0.39 is 28.6 Å². The van der Waals surface area contributed by atoms with E-state index in [1.807, 2.05) is 4.72 Å². The van der Waals surface area contributed by atoms with Gasteiger partial charge in [0.2, 0.25) is 10.0 Å². The summed E-state index contributed by atoms with van der Waals surface area (Å²) in [7, 11) is -2.72. The summed E-state index contributed by atoms with van der Waals surface area (Å²) < 4.78 is 31.1. The van der Waals surface area contributed by atoms with Crippen molar-refractivity contribution in [2.24, 2.45) is 0 Å². The van der Waals surface area contributed by atoms with E-state index in [4.69, 9.17) is 14.9 Å². The molecule has 0 unspecified atom stereocenters. The maximum Gasteiger partial charge on any atom is 0.321 e. The number of hydrogen-bond donors (Lipinski definition) is 3. The maximum absolute atomic E-state index is 12.1. The minimum absolute atomic E-state index is 0.114. The molecule has 0 radical (unpaired) electrons. The lowest BCUT2D eigenvalue weighted by atomic mass is 10.2. The molecular formula is C11H15NO6S. The molecule has 7 nitrogen and oxygen atoms in total. The molecule has 0 aliphatic carbocycles. The van der Waals surface area contributed by atoms with E-state index in [-0.39, 0.29) is 17.1 Å². The van der Waals surface area contributed by atoms with Gasteiger partial charge in [0, 0.05) is 6.61 Å². The number of methoxy groups -OCH3 is 1. The number of carbonyl (C=O) groups is 1. The van der Waals surface area contributed by atoms with Crippen LogP contribution in [0.2, 0.25) is 0 Å². The van der Waals surface area contributed by atoms with Crippen molar-refractivity contribution >= 4 is 16.0 Å². The van der Waals surface area contributed by atoms with Crippen molar-refractivity contribution in [1.82, 2.24) is 4.72 Å². The number of sulfonamides is 1. The fraction of sp³-hybridized carbons (Fsp3) is 0.364. The third kappa shape index (κ3) is 3.91. The highest BCUT2D eigenvalue weighted by molar-refractivity contribution is 7.89. The number of hydrogen-bond acceptors (Lipinski definition) is 5. The predicted octanol–water partition coefficient (Wildman–Crippen LogP) is -0.191. The number of para-hydroxylation sites is 1. The van der Waals surface area contributed by atoms with Gasteiger partial charge in [0.05, 0.1) is 7.11 Å². The van der Waals surface area contributed by atoms with E-state index in [0.717, 1.165) is 0 Å². The molecule has 0 aromatic heterocycles. The summed E-state index contributed by atoms with van der Waals surface area (Å²) in [5.41, 5.74) is 0. The highest BCUT2D eigenvalue weighted by Crippen LogP contribution is 2.22. The number of carboxylic acid groups (broad SMARTS) is 1. The van der Waals surface area contributed by atoms with Crippen LogP contribution in [0.25, 0.3) is 0 Å². The lowest BCUT2D eigenvalue weighted by Crippen LogP contribution is -2.41. The Hall–Kier alpha value is -1.64. The Morgan fingerprint density at radius 1 is 1.42 bits per heavy atom. The van der Waals surface area contributed by atoms with E-state index in [9.17, 15) is 13.2 Å². The Bertz CT molecular complexity index is 542. The van der Waals surface area contributed by atoms with Gasteiger partial charge >= 0.3 is 5.97 Å². The average Bonchev–Trinajstić information content (AvgIpc) is 2.38. The first-order valence-corrected chi connectivity index (χ1v) is 6.89. The molecule has 0 saturated heterocycles. The Labute approximate surface area is 110 Å². The fourth-order valence-corrected chi connectivity index (χ4v) is 2.85. The smallest absolute Gasteiger partial charge is 0.321 e. The van der Waals surface area contributed by atoms with Crippen LogP contribution in [-0.4, -0.2) is 44.4 Å². The zero-order valence-electron chi connectivity index (χ0n) is 10.2. The lowest BCUT2D eigenvalue weighted by molar-refractivity contribution is -0.139. The topological polar surface area (TPSA) is 113 Å². The van der Waals surface area contributed by atoms with Crippen LogP contribution in [0.3, 0.4) is 0 Å². The van der Waals surface area contributed by atoms with Gasteiger partial charge in [0.15, 0.2) is 0 Å². The lowest BCUT2D eigenvalue weighted by Gasteiger charge is -2.15. The number of benzene rings is 1. The highest BCUT2D eigenvalue weighted by Gasteiger charge is 2.26. The van der Waals surface area contributed by atoms with Gasteiger partial charge in [-0.05, 0) is 18.6 Å². The first kappa shape index (κ1) is 15.4. The molecular weight excluding hydrogens is 274 g/mol. The number of ether oxygens (including phenoxy) is 1. The van der Waals surface area contributed by atoms with Crippen molar-refractivity contribution in [3.05, 3.63) is 24.3 Å². The molecule has 0 fully saturated rings. The van der Waals surface area contributed by atoms with Gasteiger partial charge in [-0.25, -0.2) is 8.42 Å². The van der Waals surface area contributed by atoms with Crippen LogP contribution in [0.1, 0.15) is 6.42 Å². The van der Waals surface area contributed by atoms with Crippen LogP contribution in [0, 0.1) is 0 Å². The van der Waals surface area contributed by atoms with Gasteiger partial charge in [0.25, 0.3) is 0 Å². The fourth-order valence-electron chi connectivity index (χ4n) is 1.45. The summed E-state index contributed by atoms with van der Waals surface area (Å²) in [4.78, 5) is 10.7. The first-order valence-electron chi connectivity index (χ1n) is 5.41. The molecule has 8 heteroatoms. The SMILES string of the molecule is COc1ccccc1S(=O)(=O)N[C@H](CCO)C(=O)O. The highest BCUT2D eigenvalue weighted by atomic mass is 32.2. The predicted molar refractivity (Wildman–Crippen MR) is 66.4 cm³/mol. The van der Waals surface area contributed by atoms with E-state index >= 15 is 0 Å². The summed E-state index contributed by atoms with van der Waals surface area (Å²) in [5.74, 6) is -1.24. The van der Waals surface area contributed by atoms with Crippen molar-refractivity contribution in [1.29, 1.82) is 0 Å². The van der Waals surface area contributed by atoms with E-state index in [2.05, 4.69) is 0 Å². The molecule has 0 heterocycles. The van der Waals surface area contributed by atoms with E-state index in [0.29, 0.717) is 0 Å². The zero-order valence-corrected chi connectivity index (χ0v) is 11.1. The van der Waals surface area contributed by atoms with Crippen LogP contribution in [0.5, 0.6) is 5.75 Å². The standard InChI is InChI=1S/C11H15NO6S/c1-18-9-4-2-3-5-10(9)19(16,17)12-8(6-7-13)11(14)15/h2-5,8,12-13H,6-7H2,1H3,(H,14,15)/t8-/m1/s1. The van der Waals surface area contributed by atoms with Gasteiger partial charge < -0.3 is 14.9 Å². The molecule has 1 rings (SSSR count). The van der Waals surface area contributed by atoms with Gasteiger partial charge in [0.1, 0.15) is 16.7 Å². The summed E-state index contributed by atoms with van der Waals surface area (Å²) in [6.45, 7) is -0.439. The number of aliphatic hydroxyl groups excluding tert-OH is 1. The molecule has 0 amide bonds. The second kappa shape index (κ2) is 6.50. The Morgan fingerprint density at radius 2 is 2.05 bits per heavy atom. The molecule has 1 atom stereocenters. The number of carboxylic acids is 1. The summed E-state index contributed by atoms with van der Waals surface area (Å²) in [6.07, 6.45) is -0.219. The Morgan fingerprint density at radius 3 is 2.58 bits per heavy atom. The van der Waals surface area contributed by atoms with Crippen molar-refractivity contribution in [3.8, 4) is 5.75 Å². The third-order valence-corrected chi connectivity index (χ3v) is 3.88. The molecule has 0 aliphatic rings. The van der Waals surface area contributed by atoms with Gasteiger partial charge in [-0.15, -0.1) is 0 Å². The molecule has 19 heavy (non-hydrogen) atoms. The Kier molecular flexibility index (Phi) is 5.28. The number of aliphatic carboxylic acids is 1. The summed E-state index contributed by atoms with van der Waals surface area (Å²) >= 11 is 0. The van der Waals surface area contributed by atoms with Gasteiger partial charge in [-0.3, -0.25) is 4.79 Å². The number of rotatable bonds is 7. The quantitative estimate of drug-likeness (QED) is 0.641. The normalized spacial score (nSPS) is 12.9. The third-order valence-electron chi connectivity index (χ3n) is 2.37. The Balaban J connectivity index is 3.06. The van der Waals surface area contributed by atoms with Crippen LogP contribution < -0.4 is 9.46 Å². The van der Waals surface area contributed by atoms with Gasteiger partial charge in [-0.2, -0.15) is 4.72 Å². The molecule has 1 aromatic carbocycles. The van der Waals surface area contributed by atoms with Crippen molar-refractivity contribution < 1.29 is 28.2 Å². The van der Waals surface area contributed by atoms with Crippen molar-refractivity contribution in [2.75, 3.05) is 13.7 Å². The van der Waals surface area contributed by atoms with Crippen LogP contribution in [0.15, 0.2) is 29.2 Å². The minimum Gasteiger partial charge on any atom is -0.495 e. The zero-order chi connectivity index (χ0) is 14.5. The monoisotopic (exact) mass is 289 g/mol. The first-order chi connectivity index (χ1) is 8.92. The van der Waals surface area contributed by atoms with E-state index in [1.165, 1.54) is 25.3 Å². The van der Waals surface area contributed by atoms with Crippen LogP contribution in [-0.2, 0) is 14.8 Å². The number of aliphatic hydroxyl groups is 1. The summed E-state index contributed by atoms with van der Waals surface area (Å²) in [6, 6.07) is 4.47. The van der Waals surface area contributed by atoms with Crippen molar-refractivity contribution in [2.45, 2.75) is 17.4 Å². The largest absolute Gasteiger partial charge is 0.495 e. The summed E-state index contributed by atoms with van der Waals surface area (Å²) in [5, 5.41) is 17.6. The van der Waals surface area contributed by atoms with E-state index in [1.54, 1.807) is 6.07 Å². The molecule has 0 aliphatic heterocycles. The number of nitrogens with one attached hydrogen (secondary N) is 1.